The molecule has 2 saturated heterocycles. The van der Waals surface area contributed by atoms with E-state index < -0.39 is 0 Å². The first kappa shape index (κ1) is 19.3. The molecule has 0 bridgehead atoms. The van der Waals surface area contributed by atoms with Gasteiger partial charge in [0.1, 0.15) is 5.82 Å². The van der Waals surface area contributed by atoms with Crippen molar-refractivity contribution in [1.29, 1.82) is 0 Å². The number of amides is 1. The molecule has 7 heteroatoms. The highest BCUT2D eigenvalue weighted by Crippen LogP contribution is 2.31. The summed E-state index contributed by atoms with van der Waals surface area (Å²) in [5.74, 6) is 1.94. The van der Waals surface area contributed by atoms with Gasteiger partial charge in [-0.1, -0.05) is 17.7 Å². The first-order valence-electron chi connectivity index (χ1n) is 11.0. The van der Waals surface area contributed by atoms with Crippen molar-refractivity contribution in [3.63, 3.8) is 0 Å². The number of aryl methyl sites for hydroxylation is 1. The minimum Gasteiger partial charge on any atom is -0.378 e. The summed E-state index contributed by atoms with van der Waals surface area (Å²) in [7, 11) is 0. The topological polar surface area (TPSA) is 61.8 Å². The summed E-state index contributed by atoms with van der Waals surface area (Å²) in [6, 6.07) is 7.85. The van der Waals surface area contributed by atoms with Crippen molar-refractivity contribution >= 4 is 17.7 Å². The van der Waals surface area contributed by atoms with Crippen LogP contribution in [0.3, 0.4) is 0 Å². The molecule has 2 aromatic rings. The fourth-order valence-corrected chi connectivity index (χ4v) is 4.61. The molecule has 7 nitrogen and oxygen atoms in total. The van der Waals surface area contributed by atoms with Gasteiger partial charge in [-0.2, -0.15) is 4.98 Å². The van der Waals surface area contributed by atoms with Gasteiger partial charge in [0.25, 0.3) is 5.91 Å². The predicted octanol–water partition coefficient (Wildman–Crippen LogP) is 2.42. The van der Waals surface area contributed by atoms with Gasteiger partial charge in [-0.25, -0.2) is 4.98 Å². The van der Waals surface area contributed by atoms with Crippen LogP contribution < -0.4 is 9.80 Å². The van der Waals surface area contributed by atoms with Gasteiger partial charge in [-0.05, 0) is 31.9 Å². The van der Waals surface area contributed by atoms with Crippen molar-refractivity contribution in [2.75, 3.05) is 55.7 Å². The molecule has 5 rings (SSSR count). The van der Waals surface area contributed by atoms with Crippen molar-refractivity contribution in [1.82, 2.24) is 14.9 Å². The second-order valence-corrected chi connectivity index (χ2v) is 8.41. The highest BCUT2D eigenvalue weighted by Gasteiger charge is 2.30. The highest BCUT2D eigenvalue weighted by atomic mass is 16.5. The van der Waals surface area contributed by atoms with Crippen molar-refractivity contribution in [3.8, 4) is 0 Å². The molecule has 0 unspecified atom stereocenters. The zero-order chi connectivity index (χ0) is 20.5. The number of fused-ring (bicyclic) bond motifs is 1. The number of hydrogen-bond acceptors (Lipinski definition) is 6. The normalized spacial score (nSPS) is 19.2. The van der Waals surface area contributed by atoms with Gasteiger partial charge >= 0.3 is 0 Å². The lowest BCUT2D eigenvalue weighted by Crippen LogP contribution is -2.40. The van der Waals surface area contributed by atoms with Crippen LogP contribution in [0, 0.1) is 6.92 Å². The molecule has 0 atom stereocenters. The minimum absolute atomic E-state index is 0.0916. The van der Waals surface area contributed by atoms with Crippen LogP contribution in [0.15, 0.2) is 24.3 Å². The zero-order valence-electron chi connectivity index (χ0n) is 17.6. The first-order valence-corrected chi connectivity index (χ1v) is 11.0. The molecule has 0 aliphatic carbocycles. The summed E-state index contributed by atoms with van der Waals surface area (Å²) < 4.78 is 5.50. The number of nitrogens with zero attached hydrogens (tertiary/aromatic N) is 5. The summed E-state index contributed by atoms with van der Waals surface area (Å²) >= 11 is 0. The monoisotopic (exact) mass is 407 g/mol. The van der Waals surface area contributed by atoms with Gasteiger partial charge in [0.2, 0.25) is 5.95 Å². The highest BCUT2D eigenvalue weighted by molar-refractivity contribution is 5.94. The summed E-state index contributed by atoms with van der Waals surface area (Å²) in [6.45, 7) is 8.45. The van der Waals surface area contributed by atoms with Gasteiger partial charge in [-0.15, -0.1) is 0 Å². The maximum atomic E-state index is 13.2. The Labute approximate surface area is 177 Å². The number of morpholine rings is 1. The second-order valence-electron chi connectivity index (χ2n) is 8.41. The number of aromatic nitrogens is 2. The molecule has 0 spiro atoms. The largest absolute Gasteiger partial charge is 0.378 e. The van der Waals surface area contributed by atoms with E-state index in [0.717, 1.165) is 80.0 Å². The fourth-order valence-electron chi connectivity index (χ4n) is 4.61. The van der Waals surface area contributed by atoms with E-state index in [-0.39, 0.29) is 5.91 Å². The molecular formula is C23H29N5O2. The molecule has 3 aliphatic heterocycles. The van der Waals surface area contributed by atoms with Crippen LogP contribution in [0.25, 0.3) is 0 Å². The van der Waals surface area contributed by atoms with Crippen molar-refractivity contribution in [2.45, 2.75) is 32.7 Å². The standard InChI is InChI=1S/C23H29N5O2/c1-17-5-4-6-18(15-17)22(29)28-10-7-20-19(16-28)21(26-8-2-3-9-26)25-23(24-20)27-11-13-30-14-12-27/h4-6,15H,2-3,7-14,16H2,1H3. The summed E-state index contributed by atoms with van der Waals surface area (Å²) in [5, 5.41) is 0. The zero-order valence-corrected chi connectivity index (χ0v) is 17.6. The Hall–Kier alpha value is -2.67. The van der Waals surface area contributed by atoms with E-state index in [4.69, 9.17) is 14.7 Å². The number of ether oxygens (including phenoxy) is 1. The Morgan fingerprint density at radius 2 is 1.80 bits per heavy atom. The van der Waals surface area contributed by atoms with E-state index in [0.29, 0.717) is 13.1 Å². The molecule has 0 saturated carbocycles. The molecule has 0 radical (unpaired) electrons. The number of hydrogen-bond donors (Lipinski definition) is 0. The lowest BCUT2D eigenvalue weighted by molar-refractivity contribution is 0.0733. The van der Waals surface area contributed by atoms with E-state index in [9.17, 15) is 4.79 Å². The molecule has 1 amide bonds. The van der Waals surface area contributed by atoms with Crippen LogP contribution >= 0.6 is 0 Å². The fraction of sp³-hybridized carbons (Fsp3) is 0.522. The van der Waals surface area contributed by atoms with Crippen molar-refractivity contribution < 1.29 is 9.53 Å². The summed E-state index contributed by atoms with van der Waals surface area (Å²) in [5.41, 5.74) is 4.09. The Bertz CT molecular complexity index is 935. The third-order valence-corrected chi connectivity index (χ3v) is 6.28. The SMILES string of the molecule is Cc1cccc(C(=O)N2CCc3nc(N4CCOCC4)nc(N4CCCC4)c3C2)c1. The van der Waals surface area contributed by atoms with E-state index >= 15 is 0 Å². The van der Waals surface area contributed by atoms with Gasteiger partial charge < -0.3 is 19.4 Å². The van der Waals surface area contributed by atoms with E-state index in [1.807, 2.05) is 36.1 Å². The molecule has 2 fully saturated rings. The maximum absolute atomic E-state index is 13.2. The lowest BCUT2D eigenvalue weighted by atomic mass is 10.0. The van der Waals surface area contributed by atoms with Gasteiger partial charge in [0.15, 0.2) is 0 Å². The third kappa shape index (κ3) is 3.74. The van der Waals surface area contributed by atoms with Crippen LogP contribution in [0.2, 0.25) is 0 Å². The van der Waals surface area contributed by atoms with E-state index in [1.165, 1.54) is 12.8 Å². The number of anilines is 2. The van der Waals surface area contributed by atoms with Gasteiger partial charge in [-0.3, -0.25) is 4.79 Å². The van der Waals surface area contributed by atoms with Gasteiger partial charge in [0, 0.05) is 50.3 Å². The second kappa shape index (κ2) is 8.22. The summed E-state index contributed by atoms with van der Waals surface area (Å²) in [6.07, 6.45) is 3.16. The molecule has 30 heavy (non-hydrogen) atoms. The maximum Gasteiger partial charge on any atom is 0.254 e. The average molecular weight is 408 g/mol. The number of benzene rings is 1. The van der Waals surface area contributed by atoms with Crippen molar-refractivity contribution in [2.24, 2.45) is 0 Å². The molecule has 158 valence electrons. The van der Waals surface area contributed by atoms with Gasteiger partial charge in [0.05, 0.1) is 25.5 Å². The molecule has 1 aromatic heterocycles. The number of carbonyl (C=O) groups excluding carboxylic acids is 1. The number of carbonyl (C=O) groups is 1. The van der Waals surface area contributed by atoms with E-state index in [1.54, 1.807) is 0 Å². The first-order chi connectivity index (χ1) is 14.7. The Morgan fingerprint density at radius 3 is 2.57 bits per heavy atom. The average Bonchev–Trinajstić information content (AvgIpc) is 3.33. The molecule has 1 aromatic carbocycles. The van der Waals surface area contributed by atoms with Crippen molar-refractivity contribution in [3.05, 3.63) is 46.6 Å². The van der Waals surface area contributed by atoms with Crippen LogP contribution in [-0.4, -0.2) is 66.7 Å². The Kier molecular flexibility index (Phi) is 5.29. The molecule has 0 N–H and O–H groups in total. The van der Waals surface area contributed by atoms with Crippen LogP contribution in [0.5, 0.6) is 0 Å². The minimum atomic E-state index is 0.0916. The van der Waals surface area contributed by atoms with Crippen LogP contribution in [-0.2, 0) is 17.7 Å². The molecule has 3 aliphatic rings. The molecular weight excluding hydrogens is 378 g/mol. The number of rotatable bonds is 3. The van der Waals surface area contributed by atoms with E-state index in [2.05, 4.69) is 9.80 Å². The smallest absolute Gasteiger partial charge is 0.254 e. The quantitative estimate of drug-likeness (QED) is 0.779. The Balaban J connectivity index is 1.47. The van der Waals surface area contributed by atoms with Crippen LogP contribution in [0.1, 0.15) is 40.0 Å². The third-order valence-electron chi connectivity index (χ3n) is 6.28. The van der Waals surface area contributed by atoms with Crippen LogP contribution in [0.4, 0.5) is 11.8 Å². The Morgan fingerprint density at radius 1 is 1.00 bits per heavy atom. The predicted molar refractivity (Wildman–Crippen MR) is 116 cm³/mol. The molecule has 4 heterocycles. The lowest BCUT2D eigenvalue weighted by Gasteiger charge is -2.34. The summed E-state index contributed by atoms with van der Waals surface area (Å²) in [4.78, 5) is 29.7.